The third-order valence-electron chi connectivity index (χ3n) is 4.94. The molecular weight excluding hydrogens is 424 g/mol. The Balaban J connectivity index is 1.70. The van der Waals surface area contributed by atoms with Crippen molar-refractivity contribution in [3.05, 3.63) is 58.9 Å². The number of anilines is 3. The number of aromatic nitrogens is 4. The number of ether oxygens (including phenoxy) is 1. The maximum Gasteiger partial charge on any atom is 0.174 e. The molecule has 0 aliphatic heterocycles. The van der Waals surface area contributed by atoms with Crippen LogP contribution >= 0.6 is 11.3 Å². The summed E-state index contributed by atoms with van der Waals surface area (Å²) in [6, 6.07) is 7.81. The molecule has 1 atom stereocenters. The van der Waals surface area contributed by atoms with Crippen LogP contribution in [-0.4, -0.2) is 52.4 Å². The maximum atomic E-state index is 10.7. The van der Waals surface area contributed by atoms with Crippen molar-refractivity contribution in [1.82, 2.24) is 19.9 Å². The van der Waals surface area contributed by atoms with Gasteiger partial charge in [0.25, 0.3) is 0 Å². The minimum absolute atomic E-state index is 0.565. The highest BCUT2D eigenvalue weighted by Crippen LogP contribution is 2.31. The number of methoxy groups -OCH3 is 1. The summed E-state index contributed by atoms with van der Waals surface area (Å²) in [5.74, 6) is 6.72. The van der Waals surface area contributed by atoms with Crippen LogP contribution in [0.4, 0.5) is 17.2 Å². The molecule has 0 spiro atoms. The number of hydrogen-bond donors (Lipinski definition) is 3. The van der Waals surface area contributed by atoms with E-state index >= 15 is 0 Å². The molecule has 0 radical (unpaired) electrons. The summed E-state index contributed by atoms with van der Waals surface area (Å²) in [5.41, 5.74) is 2.01. The van der Waals surface area contributed by atoms with Crippen LogP contribution < -0.4 is 10.2 Å². The lowest BCUT2D eigenvalue weighted by Crippen LogP contribution is -2.23. The fraction of sp³-hybridized carbons (Fsp3) is 0.261. The number of hydrogen-bond acceptors (Lipinski definition) is 8. The second kappa shape index (κ2) is 9.36. The molecule has 4 rings (SSSR count). The van der Waals surface area contributed by atoms with E-state index in [1.54, 1.807) is 20.2 Å². The van der Waals surface area contributed by atoms with Crippen LogP contribution in [0, 0.1) is 11.8 Å². The summed E-state index contributed by atoms with van der Waals surface area (Å²) >= 11 is 1.37. The minimum Gasteiger partial charge on any atom is -0.383 e. The van der Waals surface area contributed by atoms with E-state index in [1.807, 2.05) is 42.9 Å². The lowest BCUT2D eigenvalue weighted by atomic mass is 10.1. The second-order valence-corrected chi connectivity index (χ2v) is 8.29. The zero-order valence-corrected chi connectivity index (χ0v) is 18.9. The van der Waals surface area contributed by atoms with Gasteiger partial charge in [0.15, 0.2) is 5.60 Å². The molecule has 3 N–H and O–H groups in total. The lowest BCUT2D eigenvalue weighted by Gasteiger charge is -2.23. The zero-order valence-electron chi connectivity index (χ0n) is 18.1. The van der Waals surface area contributed by atoms with Crippen LogP contribution in [0.2, 0.25) is 0 Å². The predicted octanol–water partition coefficient (Wildman–Crippen LogP) is 3.50. The van der Waals surface area contributed by atoms with E-state index in [9.17, 15) is 5.11 Å². The van der Waals surface area contributed by atoms with Crippen LogP contribution in [-0.2, 0) is 10.3 Å². The van der Waals surface area contributed by atoms with Crippen LogP contribution in [0.15, 0.2) is 48.4 Å². The number of fused-ring (bicyclic) bond motifs is 1. The van der Waals surface area contributed by atoms with Crippen molar-refractivity contribution in [2.75, 3.05) is 37.5 Å². The Morgan fingerprint density at radius 2 is 2.16 bits per heavy atom. The van der Waals surface area contributed by atoms with Gasteiger partial charge in [-0.3, -0.25) is 0 Å². The molecule has 8 nitrogen and oxygen atoms in total. The molecule has 9 heteroatoms. The number of rotatable bonds is 7. The van der Waals surface area contributed by atoms with Gasteiger partial charge in [-0.25, -0.2) is 15.0 Å². The van der Waals surface area contributed by atoms with Gasteiger partial charge in [0.2, 0.25) is 0 Å². The van der Waals surface area contributed by atoms with E-state index < -0.39 is 5.60 Å². The summed E-state index contributed by atoms with van der Waals surface area (Å²) in [5, 5.41) is 17.4. The Hall–Kier alpha value is -3.45. The van der Waals surface area contributed by atoms with E-state index in [4.69, 9.17) is 4.74 Å². The van der Waals surface area contributed by atoms with Crippen molar-refractivity contribution in [2.45, 2.75) is 12.5 Å². The summed E-state index contributed by atoms with van der Waals surface area (Å²) in [6.07, 6.45) is 5.01. The molecule has 3 aromatic heterocycles. The molecule has 0 amide bonds. The van der Waals surface area contributed by atoms with Crippen molar-refractivity contribution >= 4 is 39.6 Å². The number of benzene rings is 1. The monoisotopic (exact) mass is 448 g/mol. The molecule has 0 aliphatic carbocycles. The van der Waals surface area contributed by atoms with Gasteiger partial charge in [0, 0.05) is 44.0 Å². The number of H-pyrrole nitrogens is 1. The van der Waals surface area contributed by atoms with E-state index in [-0.39, 0.29) is 0 Å². The molecule has 0 fully saturated rings. The third-order valence-corrected chi connectivity index (χ3v) is 5.93. The van der Waals surface area contributed by atoms with E-state index in [2.05, 4.69) is 42.0 Å². The first kappa shape index (κ1) is 21.8. The van der Waals surface area contributed by atoms with Crippen molar-refractivity contribution in [2.24, 2.45) is 0 Å². The second-order valence-electron chi connectivity index (χ2n) is 7.39. The van der Waals surface area contributed by atoms with Crippen molar-refractivity contribution < 1.29 is 9.84 Å². The van der Waals surface area contributed by atoms with Gasteiger partial charge >= 0.3 is 0 Å². The van der Waals surface area contributed by atoms with Gasteiger partial charge in [-0.2, -0.15) is 0 Å². The normalized spacial score (nSPS) is 12.8. The smallest absolute Gasteiger partial charge is 0.174 e. The molecule has 1 aromatic carbocycles. The molecule has 0 saturated heterocycles. The zero-order chi connectivity index (χ0) is 22.6. The third kappa shape index (κ3) is 4.73. The van der Waals surface area contributed by atoms with Gasteiger partial charge in [-0.15, -0.1) is 11.3 Å². The standard InChI is InChI=1S/C23H24N6O2S/c1-23(30,22-25-10-13-32-22)8-6-16-4-5-19(29(2)11-12-31-3)18(14-16)28-21-17-7-9-24-20(17)26-15-27-21/h4-5,7,9-10,13-15,30H,11-12H2,1-3H3,(H2,24,26,27,28). The molecule has 0 bridgehead atoms. The number of thiazole rings is 1. The fourth-order valence-electron chi connectivity index (χ4n) is 3.21. The van der Waals surface area contributed by atoms with Crippen molar-refractivity contribution in [1.29, 1.82) is 0 Å². The molecule has 0 saturated carbocycles. The summed E-state index contributed by atoms with van der Waals surface area (Å²) < 4.78 is 5.23. The molecule has 3 heterocycles. The fourth-order valence-corrected chi connectivity index (χ4v) is 3.86. The number of aliphatic hydroxyl groups is 1. The molecule has 0 aliphatic rings. The number of nitrogens with one attached hydrogen (secondary N) is 2. The Morgan fingerprint density at radius 1 is 1.28 bits per heavy atom. The minimum atomic E-state index is -1.32. The maximum absolute atomic E-state index is 10.7. The Kier molecular flexibility index (Phi) is 6.37. The van der Waals surface area contributed by atoms with Gasteiger partial charge in [0.1, 0.15) is 22.8 Å². The van der Waals surface area contributed by atoms with E-state index in [0.717, 1.165) is 34.5 Å². The van der Waals surface area contributed by atoms with Gasteiger partial charge < -0.3 is 25.0 Å². The highest BCUT2D eigenvalue weighted by Gasteiger charge is 2.23. The van der Waals surface area contributed by atoms with Gasteiger partial charge in [0.05, 0.1) is 23.4 Å². The van der Waals surface area contributed by atoms with Crippen LogP contribution in [0.1, 0.15) is 17.5 Å². The van der Waals surface area contributed by atoms with Crippen LogP contribution in [0.25, 0.3) is 11.0 Å². The number of aromatic amines is 1. The predicted molar refractivity (Wildman–Crippen MR) is 127 cm³/mol. The van der Waals surface area contributed by atoms with Gasteiger partial charge in [-0.05, 0) is 31.2 Å². The number of likely N-dealkylation sites (N-methyl/N-ethyl adjacent to an activating group) is 1. The van der Waals surface area contributed by atoms with Crippen molar-refractivity contribution in [3.63, 3.8) is 0 Å². The highest BCUT2D eigenvalue weighted by molar-refractivity contribution is 7.09. The summed E-state index contributed by atoms with van der Waals surface area (Å²) in [7, 11) is 3.69. The quantitative estimate of drug-likeness (QED) is 0.372. The molecule has 164 valence electrons. The average Bonchev–Trinajstić information content (AvgIpc) is 3.49. The first-order valence-corrected chi connectivity index (χ1v) is 10.9. The first-order valence-electron chi connectivity index (χ1n) is 10.0. The average molecular weight is 449 g/mol. The molecular formula is C23H24N6O2S. The summed E-state index contributed by atoms with van der Waals surface area (Å²) in [6.45, 7) is 2.97. The van der Waals surface area contributed by atoms with E-state index in [0.29, 0.717) is 17.4 Å². The lowest BCUT2D eigenvalue weighted by molar-refractivity contribution is 0.122. The number of nitrogens with zero attached hydrogens (tertiary/aromatic N) is 4. The molecule has 1 unspecified atom stereocenters. The SMILES string of the molecule is COCCN(C)c1ccc(C#CC(C)(O)c2nccs2)cc1Nc1ncnc2[nH]ccc12. The van der Waals surface area contributed by atoms with Crippen LogP contribution in [0.5, 0.6) is 0 Å². The largest absolute Gasteiger partial charge is 0.383 e. The van der Waals surface area contributed by atoms with Crippen LogP contribution in [0.3, 0.4) is 0 Å². The highest BCUT2D eigenvalue weighted by atomic mass is 32.1. The Bertz CT molecular complexity index is 1260. The first-order chi connectivity index (χ1) is 15.5. The van der Waals surface area contributed by atoms with Crippen molar-refractivity contribution in [3.8, 4) is 11.8 Å². The molecule has 4 aromatic rings. The summed E-state index contributed by atoms with van der Waals surface area (Å²) in [4.78, 5) is 18.1. The van der Waals surface area contributed by atoms with Gasteiger partial charge in [-0.1, -0.05) is 11.8 Å². The topological polar surface area (TPSA) is 99.2 Å². The molecule has 32 heavy (non-hydrogen) atoms. The Labute approximate surface area is 190 Å². The Morgan fingerprint density at radius 3 is 2.94 bits per heavy atom. The van der Waals surface area contributed by atoms with E-state index in [1.165, 1.54) is 17.7 Å².